The van der Waals surface area contributed by atoms with Crippen molar-refractivity contribution in [2.24, 2.45) is 0 Å². The molecular weight excluding hydrogens is 260 g/mol. The maximum absolute atomic E-state index is 11.8. The average molecular weight is 275 g/mol. The predicted octanol–water partition coefficient (Wildman–Crippen LogP) is 1.54. The number of aryl methyl sites for hydroxylation is 1. The van der Waals surface area contributed by atoms with Gasteiger partial charge in [-0.05, 0) is 37.4 Å². The third-order valence-corrected chi connectivity index (χ3v) is 4.06. The van der Waals surface area contributed by atoms with E-state index in [0.29, 0.717) is 19.4 Å². The van der Waals surface area contributed by atoms with Crippen LogP contribution in [0.4, 0.5) is 0 Å². The Labute approximate surface area is 109 Å². The number of rotatable bonds is 4. The SMILES string of the molecule is Cc1cc(CN(C(=O)CCl)C2CC(O)C2)sn1. The van der Waals surface area contributed by atoms with Crippen molar-refractivity contribution in [3.63, 3.8) is 0 Å². The van der Waals surface area contributed by atoms with Gasteiger partial charge in [0.25, 0.3) is 0 Å². The van der Waals surface area contributed by atoms with Crippen molar-refractivity contribution in [2.75, 3.05) is 5.88 Å². The van der Waals surface area contributed by atoms with Gasteiger partial charge in [-0.25, -0.2) is 0 Å². The molecule has 0 bridgehead atoms. The highest BCUT2D eigenvalue weighted by atomic mass is 35.5. The van der Waals surface area contributed by atoms with Crippen molar-refractivity contribution in [3.05, 3.63) is 16.6 Å². The summed E-state index contributed by atoms with van der Waals surface area (Å²) < 4.78 is 4.19. The Morgan fingerprint density at radius 2 is 2.41 bits per heavy atom. The highest BCUT2D eigenvalue weighted by Gasteiger charge is 2.34. The average Bonchev–Trinajstić information content (AvgIpc) is 2.67. The molecule has 17 heavy (non-hydrogen) atoms. The van der Waals surface area contributed by atoms with Gasteiger partial charge in [-0.2, -0.15) is 4.37 Å². The normalized spacial score (nSPS) is 23.2. The van der Waals surface area contributed by atoms with Gasteiger partial charge in [0, 0.05) is 10.9 Å². The minimum absolute atomic E-state index is 0.00954. The van der Waals surface area contributed by atoms with Crippen LogP contribution in [0.3, 0.4) is 0 Å². The molecule has 1 N–H and O–H groups in total. The number of amides is 1. The van der Waals surface area contributed by atoms with Crippen molar-refractivity contribution < 1.29 is 9.90 Å². The van der Waals surface area contributed by atoms with Crippen LogP contribution in [0.1, 0.15) is 23.4 Å². The third-order valence-electron chi connectivity index (χ3n) is 2.97. The van der Waals surface area contributed by atoms with Gasteiger partial charge in [0.2, 0.25) is 5.91 Å². The number of nitrogens with zero attached hydrogens (tertiary/aromatic N) is 2. The van der Waals surface area contributed by atoms with Crippen molar-refractivity contribution >= 4 is 29.0 Å². The fourth-order valence-electron chi connectivity index (χ4n) is 1.97. The van der Waals surface area contributed by atoms with Crippen LogP contribution in [-0.4, -0.2) is 38.3 Å². The standard InChI is InChI=1S/C11H15ClN2O2S/c1-7-2-10(17-13-7)6-14(11(16)5-12)8-3-9(15)4-8/h2,8-9,15H,3-6H2,1H3. The smallest absolute Gasteiger partial charge is 0.238 e. The molecule has 2 rings (SSSR count). The van der Waals surface area contributed by atoms with Gasteiger partial charge in [0.1, 0.15) is 5.88 Å². The molecule has 1 saturated carbocycles. The summed E-state index contributed by atoms with van der Waals surface area (Å²) in [5.74, 6) is -0.0840. The number of hydrogen-bond acceptors (Lipinski definition) is 4. The van der Waals surface area contributed by atoms with E-state index in [9.17, 15) is 9.90 Å². The number of aromatic nitrogens is 1. The Kier molecular flexibility index (Phi) is 4.01. The van der Waals surface area contributed by atoms with Crippen LogP contribution in [-0.2, 0) is 11.3 Å². The number of hydrogen-bond donors (Lipinski definition) is 1. The van der Waals surface area contributed by atoms with E-state index in [1.807, 2.05) is 13.0 Å². The molecule has 4 nitrogen and oxygen atoms in total. The van der Waals surface area contributed by atoms with E-state index < -0.39 is 0 Å². The third kappa shape index (κ3) is 2.97. The lowest BCUT2D eigenvalue weighted by molar-refractivity contribution is -0.135. The lowest BCUT2D eigenvalue weighted by Gasteiger charge is -2.40. The molecule has 1 aliphatic carbocycles. The van der Waals surface area contributed by atoms with E-state index in [-0.39, 0.29) is 23.9 Å². The largest absolute Gasteiger partial charge is 0.393 e. The van der Waals surface area contributed by atoms with Crippen molar-refractivity contribution in [3.8, 4) is 0 Å². The van der Waals surface area contributed by atoms with Crippen LogP contribution in [0.25, 0.3) is 0 Å². The van der Waals surface area contributed by atoms with Crippen LogP contribution in [0.2, 0.25) is 0 Å². The molecule has 0 spiro atoms. The fourth-order valence-corrected chi connectivity index (χ4v) is 2.86. The number of aliphatic hydroxyl groups is 1. The summed E-state index contributed by atoms with van der Waals surface area (Å²) in [5.41, 5.74) is 0.969. The molecule has 1 aliphatic rings. The summed E-state index contributed by atoms with van der Waals surface area (Å²) >= 11 is 7.02. The lowest BCUT2D eigenvalue weighted by Crippen LogP contribution is -2.49. The molecule has 0 saturated heterocycles. The van der Waals surface area contributed by atoms with Crippen molar-refractivity contribution in [1.29, 1.82) is 0 Å². The number of carbonyl (C=O) groups excluding carboxylic acids is 1. The molecule has 1 heterocycles. The molecule has 94 valence electrons. The number of aliphatic hydroxyl groups excluding tert-OH is 1. The molecule has 0 radical (unpaired) electrons. The summed E-state index contributed by atoms with van der Waals surface area (Å²) in [6.45, 7) is 2.48. The van der Waals surface area contributed by atoms with Crippen LogP contribution in [0.15, 0.2) is 6.07 Å². The van der Waals surface area contributed by atoms with Gasteiger partial charge in [-0.3, -0.25) is 4.79 Å². The summed E-state index contributed by atoms with van der Waals surface area (Å²) in [6, 6.07) is 2.10. The second-order valence-corrected chi connectivity index (χ2v) is 5.53. The molecule has 1 fully saturated rings. The van der Waals surface area contributed by atoms with Crippen LogP contribution in [0.5, 0.6) is 0 Å². The lowest BCUT2D eigenvalue weighted by atomic mass is 9.88. The number of carbonyl (C=O) groups is 1. The summed E-state index contributed by atoms with van der Waals surface area (Å²) in [5, 5.41) is 9.31. The second-order valence-electron chi connectivity index (χ2n) is 4.37. The molecule has 0 unspecified atom stereocenters. The Bertz CT molecular complexity index is 404. The van der Waals surface area contributed by atoms with Gasteiger partial charge < -0.3 is 10.0 Å². The minimum Gasteiger partial charge on any atom is -0.393 e. The van der Waals surface area contributed by atoms with Crippen LogP contribution >= 0.6 is 23.1 Å². The molecule has 0 atom stereocenters. The minimum atomic E-state index is -0.270. The van der Waals surface area contributed by atoms with E-state index in [4.69, 9.17) is 11.6 Å². The predicted molar refractivity (Wildman–Crippen MR) is 67.1 cm³/mol. The molecule has 0 aliphatic heterocycles. The van der Waals surface area contributed by atoms with Crippen molar-refractivity contribution in [2.45, 2.75) is 38.5 Å². The molecule has 0 aromatic carbocycles. The quantitative estimate of drug-likeness (QED) is 0.848. The van der Waals surface area contributed by atoms with Gasteiger partial charge in [-0.15, -0.1) is 11.6 Å². The number of halogens is 1. The van der Waals surface area contributed by atoms with E-state index >= 15 is 0 Å². The van der Waals surface area contributed by atoms with Crippen LogP contribution in [0, 0.1) is 6.92 Å². The molecule has 1 amide bonds. The topological polar surface area (TPSA) is 53.4 Å². The molecule has 6 heteroatoms. The van der Waals surface area contributed by atoms with E-state index in [0.717, 1.165) is 10.6 Å². The van der Waals surface area contributed by atoms with E-state index in [1.54, 1.807) is 4.90 Å². The summed E-state index contributed by atoms with van der Waals surface area (Å²) in [7, 11) is 0. The first-order valence-electron chi connectivity index (χ1n) is 5.56. The molecular formula is C11H15ClN2O2S. The van der Waals surface area contributed by atoms with Gasteiger partial charge in [0.15, 0.2) is 0 Å². The van der Waals surface area contributed by atoms with Gasteiger partial charge >= 0.3 is 0 Å². The Morgan fingerprint density at radius 3 is 2.88 bits per heavy atom. The Balaban J connectivity index is 2.03. The van der Waals surface area contributed by atoms with Gasteiger partial charge in [-0.1, -0.05) is 0 Å². The summed E-state index contributed by atoms with van der Waals surface area (Å²) in [6.07, 6.45) is 1.04. The molecule has 1 aromatic rings. The summed E-state index contributed by atoms with van der Waals surface area (Å²) in [4.78, 5) is 14.6. The highest BCUT2D eigenvalue weighted by Crippen LogP contribution is 2.28. The maximum Gasteiger partial charge on any atom is 0.238 e. The van der Waals surface area contributed by atoms with Crippen molar-refractivity contribution in [1.82, 2.24) is 9.27 Å². The molecule has 1 aromatic heterocycles. The number of alkyl halides is 1. The zero-order valence-corrected chi connectivity index (χ0v) is 11.2. The highest BCUT2D eigenvalue weighted by molar-refractivity contribution is 7.05. The maximum atomic E-state index is 11.8. The Hall–Kier alpha value is -0.650. The monoisotopic (exact) mass is 274 g/mol. The first-order chi connectivity index (χ1) is 8.10. The first-order valence-corrected chi connectivity index (χ1v) is 6.86. The first kappa shape index (κ1) is 12.8. The van der Waals surface area contributed by atoms with E-state index in [2.05, 4.69) is 4.37 Å². The van der Waals surface area contributed by atoms with Crippen LogP contribution < -0.4 is 0 Å². The zero-order chi connectivity index (χ0) is 12.4. The fraction of sp³-hybridized carbons (Fsp3) is 0.636. The second kappa shape index (κ2) is 5.33. The van der Waals surface area contributed by atoms with Gasteiger partial charge in [0.05, 0.1) is 18.3 Å². The Morgan fingerprint density at radius 1 is 1.71 bits per heavy atom. The van der Waals surface area contributed by atoms with E-state index in [1.165, 1.54) is 11.5 Å². The zero-order valence-electron chi connectivity index (χ0n) is 9.60.